The number of hydrogen-bond acceptors (Lipinski definition) is 2. The molecule has 0 spiro atoms. The Hall–Kier alpha value is -0.790. The third-order valence-electron chi connectivity index (χ3n) is 2.24. The van der Waals surface area contributed by atoms with Gasteiger partial charge in [0.15, 0.2) is 5.89 Å². The first-order chi connectivity index (χ1) is 5.57. The van der Waals surface area contributed by atoms with Gasteiger partial charge in [0.1, 0.15) is 5.76 Å². The molecule has 0 saturated heterocycles. The van der Waals surface area contributed by atoms with Gasteiger partial charge in [-0.1, -0.05) is 20.8 Å². The van der Waals surface area contributed by atoms with Crippen molar-refractivity contribution in [1.82, 2.24) is 4.98 Å². The second-order valence-electron chi connectivity index (χ2n) is 4.49. The minimum absolute atomic E-state index is 0.0599. The van der Waals surface area contributed by atoms with Crippen LogP contribution in [0, 0.1) is 0 Å². The largest absolute Gasteiger partial charge is 0.445 e. The highest BCUT2D eigenvalue weighted by atomic mass is 16.4. The topological polar surface area (TPSA) is 26.0 Å². The van der Waals surface area contributed by atoms with Crippen LogP contribution in [0.5, 0.6) is 0 Å². The zero-order valence-electron chi connectivity index (χ0n) is 7.98. The number of aryl methyl sites for hydroxylation is 2. The van der Waals surface area contributed by atoms with Crippen LogP contribution in [0.4, 0.5) is 0 Å². The molecule has 1 heterocycles. The number of aromatic nitrogens is 1. The van der Waals surface area contributed by atoms with Crippen molar-refractivity contribution in [2.75, 3.05) is 0 Å². The van der Waals surface area contributed by atoms with Gasteiger partial charge in [-0.15, -0.1) is 0 Å². The molecule has 0 bridgehead atoms. The lowest BCUT2D eigenvalue weighted by molar-refractivity contribution is 0.373. The Labute approximate surface area is 73.0 Å². The van der Waals surface area contributed by atoms with E-state index in [0.29, 0.717) is 0 Å². The molecule has 0 unspecified atom stereocenters. The van der Waals surface area contributed by atoms with Crippen molar-refractivity contribution in [3.63, 3.8) is 0 Å². The zero-order chi connectivity index (χ0) is 8.77. The quantitative estimate of drug-likeness (QED) is 0.590. The molecule has 0 N–H and O–H groups in total. The Morgan fingerprint density at radius 1 is 1.25 bits per heavy atom. The maximum absolute atomic E-state index is 5.68. The molecule has 2 rings (SSSR count). The molecule has 2 nitrogen and oxygen atoms in total. The maximum Gasteiger partial charge on any atom is 0.200 e. The van der Waals surface area contributed by atoms with E-state index in [4.69, 9.17) is 4.42 Å². The van der Waals surface area contributed by atoms with Gasteiger partial charge in [0.05, 0.1) is 5.69 Å². The lowest BCUT2D eigenvalue weighted by atomic mass is 9.97. The van der Waals surface area contributed by atoms with E-state index in [1.807, 2.05) is 0 Å². The van der Waals surface area contributed by atoms with Gasteiger partial charge in [-0.05, 0) is 12.8 Å². The van der Waals surface area contributed by atoms with Crippen molar-refractivity contribution >= 4 is 0 Å². The Bertz CT molecular complexity index is 272. The summed E-state index contributed by atoms with van der Waals surface area (Å²) < 4.78 is 5.68. The van der Waals surface area contributed by atoms with Gasteiger partial charge in [-0.2, -0.15) is 0 Å². The molecular weight excluding hydrogens is 150 g/mol. The van der Waals surface area contributed by atoms with E-state index in [0.717, 1.165) is 24.5 Å². The van der Waals surface area contributed by atoms with E-state index in [1.54, 1.807) is 0 Å². The highest BCUT2D eigenvalue weighted by molar-refractivity contribution is 5.17. The number of rotatable bonds is 0. The number of nitrogens with zero attached hydrogens (tertiary/aromatic N) is 1. The van der Waals surface area contributed by atoms with E-state index in [1.165, 1.54) is 12.1 Å². The fraction of sp³-hybridized carbons (Fsp3) is 0.700. The second-order valence-corrected chi connectivity index (χ2v) is 4.49. The molecule has 0 atom stereocenters. The lowest BCUT2D eigenvalue weighted by Gasteiger charge is -2.12. The molecular formula is C10H15NO. The molecule has 0 fully saturated rings. The number of fused-ring (bicyclic) bond motifs is 1. The predicted molar refractivity (Wildman–Crippen MR) is 47.2 cm³/mol. The molecule has 0 saturated carbocycles. The summed E-state index contributed by atoms with van der Waals surface area (Å²) in [6.45, 7) is 6.40. The highest BCUT2D eigenvalue weighted by Gasteiger charge is 2.25. The van der Waals surface area contributed by atoms with Gasteiger partial charge in [0.25, 0.3) is 0 Å². The first-order valence-electron chi connectivity index (χ1n) is 4.56. The van der Waals surface area contributed by atoms with Gasteiger partial charge in [0.2, 0.25) is 0 Å². The highest BCUT2D eigenvalue weighted by Crippen LogP contribution is 2.28. The summed E-state index contributed by atoms with van der Waals surface area (Å²) in [4.78, 5) is 4.50. The van der Waals surface area contributed by atoms with Gasteiger partial charge in [-0.3, -0.25) is 0 Å². The standard InChI is InChI=1S/C10H15NO/c1-10(2,3)9-11-7-5-4-6-8(7)12-9/h4-6H2,1-3H3. The first kappa shape index (κ1) is 7.84. The van der Waals surface area contributed by atoms with Crippen LogP contribution in [0.15, 0.2) is 4.42 Å². The maximum atomic E-state index is 5.68. The normalized spacial score (nSPS) is 16.6. The van der Waals surface area contributed by atoms with Crippen molar-refractivity contribution in [3.05, 3.63) is 17.3 Å². The average Bonchev–Trinajstić information content (AvgIpc) is 2.37. The monoisotopic (exact) mass is 165 g/mol. The third kappa shape index (κ3) is 1.15. The van der Waals surface area contributed by atoms with Crippen LogP contribution in [0.1, 0.15) is 44.5 Å². The minimum Gasteiger partial charge on any atom is -0.445 e. The minimum atomic E-state index is 0.0599. The molecule has 1 aliphatic carbocycles. The first-order valence-corrected chi connectivity index (χ1v) is 4.56. The van der Waals surface area contributed by atoms with E-state index >= 15 is 0 Å². The van der Waals surface area contributed by atoms with Crippen molar-refractivity contribution < 1.29 is 4.42 Å². The van der Waals surface area contributed by atoms with Crippen molar-refractivity contribution in [2.24, 2.45) is 0 Å². The van der Waals surface area contributed by atoms with Crippen LogP contribution >= 0.6 is 0 Å². The van der Waals surface area contributed by atoms with E-state index < -0.39 is 0 Å². The van der Waals surface area contributed by atoms with Gasteiger partial charge < -0.3 is 4.42 Å². The van der Waals surface area contributed by atoms with E-state index in [-0.39, 0.29) is 5.41 Å². The van der Waals surface area contributed by atoms with Gasteiger partial charge >= 0.3 is 0 Å². The Kier molecular flexibility index (Phi) is 1.53. The fourth-order valence-corrected chi connectivity index (χ4v) is 1.51. The summed E-state index contributed by atoms with van der Waals surface area (Å²) in [5.74, 6) is 2.02. The lowest BCUT2D eigenvalue weighted by Crippen LogP contribution is -2.11. The van der Waals surface area contributed by atoms with E-state index in [2.05, 4.69) is 25.8 Å². The van der Waals surface area contributed by atoms with Crippen LogP contribution < -0.4 is 0 Å². The Morgan fingerprint density at radius 2 is 2.00 bits per heavy atom. The Balaban J connectivity index is 2.38. The molecule has 0 radical (unpaired) electrons. The average molecular weight is 165 g/mol. The summed E-state index contributed by atoms with van der Waals surface area (Å²) in [5.41, 5.74) is 1.25. The summed E-state index contributed by atoms with van der Waals surface area (Å²) >= 11 is 0. The smallest absolute Gasteiger partial charge is 0.200 e. The molecule has 2 heteroatoms. The van der Waals surface area contributed by atoms with Crippen LogP contribution in [0.25, 0.3) is 0 Å². The van der Waals surface area contributed by atoms with Gasteiger partial charge in [0, 0.05) is 11.8 Å². The van der Waals surface area contributed by atoms with Crippen molar-refractivity contribution in [1.29, 1.82) is 0 Å². The molecule has 0 amide bonds. The van der Waals surface area contributed by atoms with Crippen molar-refractivity contribution in [3.8, 4) is 0 Å². The molecule has 12 heavy (non-hydrogen) atoms. The number of oxazole rings is 1. The summed E-state index contributed by atoms with van der Waals surface area (Å²) in [7, 11) is 0. The van der Waals surface area contributed by atoms with Crippen LogP contribution in [-0.4, -0.2) is 4.98 Å². The second kappa shape index (κ2) is 2.35. The summed E-state index contributed by atoms with van der Waals surface area (Å²) in [5, 5.41) is 0. The SMILES string of the molecule is CC(C)(C)c1nc2c(o1)CCC2. The Morgan fingerprint density at radius 3 is 2.58 bits per heavy atom. The number of hydrogen-bond donors (Lipinski definition) is 0. The summed E-state index contributed by atoms with van der Waals surface area (Å²) in [6.07, 6.45) is 3.40. The van der Waals surface area contributed by atoms with Gasteiger partial charge in [-0.25, -0.2) is 4.98 Å². The summed E-state index contributed by atoms with van der Waals surface area (Å²) in [6, 6.07) is 0. The molecule has 0 aliphatic heterocycles. The predicted octanol–water partition coefficient (Wildman–Crippen LogP) is 2.46. The van der Waals surface area contributed by atoms with E-state index in [9.17, 15) is 0 Å². The third-order valence-corrected chi connectivity index (χ3v) is 2.24. The fourth-order valence-electron chi connectivity index (χ4n) is 1.51. The molecule has 1 aromatic heterocycles. The molecule has 0 aromatic carbocycles. The van der Waals surface area contributed by atoms with Crippen LogP contribution in [0.3, 0.4) is 0 Å². The molecule has 66 valence electrons. The zero-order valence-corrected chi connectivity index (χ0v) is 7.98. The van der Waals surface area contributed by atoms with Crippen LogP contribution in [-0.2, 0) is 18.3 Å². The molecule has 1 aromatic rings. The van der Waals surface area contributed by atoms with Crippen LogP contribution in [0.2, 0.25) is 0 Å². The van der Waals surface area contributed by atoms with Crippen molar-refractivity contribution in [2.45, 2.75) is 45.4 Å². The molecule has 1 aliphatic rings.